The molecule has 0 bridgehead atoms. The zero-order valence-electron chi connectivity index (χ0n) is 23.1. The fourth-order valence-corrected chi connectivity index (χ4v) is 5.32. The lowest BCUT2D eigenvalue weighted by Gasteiger charge is -2.16. The maximum atomic E-state index is 13.3. The molecule has 0 saturated heterocycles. The van der Waals surface area contributed by atoms with Crippen LogP contribution in [-0.4, -0.2) is 52.1 Å². The SMILES string of the molecule is O=C(/C=C/c1cc(Cl)ccc1-n1cnnn1)N[C@@H](Cc1ccccc1)c1nc(-c2ccc3[nH]c(=O)cc(C(=O)O)c3c2)c(Cl)[nH]1. The van der Waals surface area contributed by atoms with E-state index in [-0.39, 0.29) is 10.7 Å². The number of benzene rings is 3. The molecule has 3 heterocycles. The number of nitrogens with zero attached hydrogens (tertiary/aromatic N) is 5. The first-order valence-corrected chi connectivity index (χ1v) is 14.2. The second-order valence-electron chi connectivity index (χ2n) is 9.94. The van der Waals surface area contributed by atoms with Crippen molar-refractivity contribution in [1.82, 2.24) is 40.5 Å². The summed E-state index contributed by atoms with van der Waals surface area (Å²) in [6.45, 7) is 0. The molecule has 1 atom stereocenters. The standard InChI is InChI=1S/C31H22Cl2N8O4/c32-20-8-10-25(41-16-34-39-40-41)18(13-20)7-11-26(42)36-24(12-17-4-2-1-3-5-17)30-37-28(29(33)38-30)19-6-9-23-21(14-19)22(31(44)45)15-27(43)35-23/h1-11,13-16,24H,12H2,(H,35,43)(H,36,42)(H,37,38)(H,44,45)/b11-7+/t24-/m0/s1. The average molecular weight is 641 g/mol. The number of imidazole rings is 1. The number of aromatic nitrogens is 7. The van der Waals surface area contributed by atoms with Crippen LogP contribution in [0.3, 0.4) is 0 Å². The molecule has 4 N–H and O–H groups in total. The number of amides is 1. The van der Waals surface area contributed by atoms with Crippen LogP contribution >= 0.6 is 23.2 Å². The first kappa shape index (κ1) is 29.5. The van der Waals surface area contributed by atoms with Crippen molar-refractivity contribution in [3.63, 3.8) is 0 Å². The number of hydrogen-bond donors (Lipinski definition) is 4. The Bertz CT molecular complexity index is 2130. The van der Waals surface area contributed by atoms with Crippen LogP contribution in [0, 0.1) is 0 Å². The highest BCUT2D eigenvalue weighted by Crippen LogP contribution is 2.31. The summed E-state index contributed by atoms with van der Waals surface area (Å²) >= 11 is 12.8. The van der Waals surface area contributed by atoms with Crippen LogP contribution in [0.25, 0.3) is 33.9 Å². The van der Waals surface area contributed by atoms with Crippen molar-refractivity contribution in [1.29, 1.82) is 0 Å². The van der Waals surface area contributed by atoms with E-state index in [0.717, 1.165) is 11.6 Å². The van der Waals surface area contributed by atoms with Gasteiger partial charge in [0.25, 0.3) is 0 Å². The number of aromatic carboxylic acids is 1. The maximum absolute atomic E-state index is 13.3. The predicted molar refractivity (Wildman–Crippen MR) is 168 cm³/mol. The maximum Gasteiger partial charge on any atom is 0.336 e. The van der Waals surface area contributed by atoms with Crippen molar-refractivity contribution in [2.75, 3.05) is 0 Å². The third-order valence-corrected chi connectivity index (χ3v) is 7.46. The summed E-state index contributed by atoms with van der Waals surface area (Å²) in [6.07, 6.45) is 4.81. The van der Waals surface area contributed by atoms with Crippen molar-refractivity contribution in [3.8, 4) is 16.9 Å². The fraction of sp³-hybridized carbons (Fsp3) is 0.0645. The molecule has 3 aromatic carbocycles. The van der Waals surface area contributed by atoms with E-state index in [0.29, 0.717) is 50.7 Å². The van der Waals surface area contributed by atoms with Gasteiger partial charge in [-0.25, -0.2) is 9.78 Å². The normalized spacial score (nSPS) is 12.0. The molecule has 3 aromatic heterocycles. The van der Waals surface area contributed by atoms with Crippen molar-refractivity contribution in [2.45, 2.75) is 12.5 Å². The first-order valence-electron chi connectivity index (χ1n) is 13.5. The van der Waals surface area contributed by atoms with E-state index in [1.807, 2.05) is 30.3 Å². The van der Waals surface area contributed by atoms with E-state index < -0.39 is 23.5 Å². The van der Waals surface area contributed by atoms with Crippen molar-refractivity contribution < 1.29 is 14.7 Å². The molecule has 224 valence electrons. The molecule has 0 aliphatic carbocycles. The molecule has 45 heavy (non-hydrogen) atoms. The van der Waals surface area contributed by atoms with Gasteiger partial charge in [0.2, 0.25) is 11.5 Å². The molecule has 0 radical (unpaired) electrons. The quantitative estimate of drug-likeness (QED) is 0.160. The highest BCUT2D eigenvalue weighted by atomic mass is 35.5. The van der Waals surface area contributed by atoms with Crippen LogP contribution in [0.5, 0.6) is 0 Å². The van der Waals surface area contributed by atoms with Gasteiger partial charge < -0.3 is 20.4 Å². The number of carboxylic acids is 1. The lowest BCUT2D eigenvalue weighted by Crippen LogP contribution is -2.29. The third kappa shape index (κ3) is 6.51. The molecule has 1 amide bonds. The topological polar surface area (TPSA) is 172 Å². The summed E-state index contributed by atoms with van der Waals surface area (Å²) in [5.41, 5.74) is 2.74. The summed E-state index contributed by atoms with van der Waals surface area (Å²) in [7, 11) is 0. The molecular weight excluding hydrogens is 619 g/mol. The second-order valence-corrected chi connectivity index (χ2v) is 10.8. The molecule has 6 aromatic rings. The van der Waals surface area contributed by atoms with E-state index >= 15 is 0 Å². The Hall–Kier alpha value is -5.59. The number of pyridine rings is 1. The second kappa shape index (κ2) is 12.6. The number of carbonyl (C=O) groups is 2. The van der Waals surface area contributed by atoms with E-state index in [2.05, 4.69) is 30.8 Å². The number of hydrogen-bond acceptors (Lipinski definition) is 7. The van der Waals surface area contributed by atoms with Crippen LogP contribution in [0.1, 0.15) is 33.4 Å². The molecule has 6 rings (SSSR count). The first-order chi connectivity index (χ1) is 21.7. The van der Waals surface area contributed by atoms with Crippen LogP contribution in [-0.2, 0) is 11.2 Å². The lowest BCUT2D eigenvalue weighted by molar-refractivity contribution is -0.117. The Morgan fingerprint density at radius 1 is 1.02 bits per heavy atom. The van der Waals surface area contributed by atoms with Crippen molar-refractivity contribution >= 4 is 52.1 Å². The molecular formula is C31H22Cl2N8O4. The Balaban J connectivity index is 1.32. The molecule has 0 spiro atoms. The molecule has 0 unspecified atom stereocenters. The van der Waals surface area contributed by atoms with E-state index in [1.165, 1.54) is 17.1 Å². The summed E-state index contributed by atoms with van der Waals surface area (Å²) < 4.78 is 1.46. The highest BCUT2D eigenvalue weighted by Gasteiger charge is 2.22. The summed E-state index contributed by atoms with van der Waals surface area (Å²) in [6, 6.07) is 20.0. The number of H-pyrrole nitrogens is 2. The number of aromatic amines is 2. The zero-order valence-corrected chi connectivity index (χ0v) is 24.6. The lowest BCUT2D eigenvalue weighted by atomic mass is 10.0. The van der Waals surface area contributed by atoms with Crippen LogP contribution in [0.2, 0.25) is 10.2 Å². The number of rotatable bonds is 9. The Morgan fingerprint density at radius 3 is 2.60 bits per heavy atom. The van der Waals surface area contributed by atoms with Crippen LogP contribution in [0.4, 0.5) is 0 Å². The minimum absolute atomic E-state index is 0.147. The summed E-state index contributed by atoms with van der Waals surface area (Å²) in [5, 5.41) is 24.9. The van der Waals surface area contributed by atoms with E-state index in [4.69, 9.17) is 28.2 Å². The highest BCUT2D eigenvalue weighted by molar-refractivity contribution is 6.32. The Kier molecular flexibility index (Phi) is 8.23. The number of fused-ring (bicyclic) bond motifs is 1. The van der Waals surface area contributed by atoms with E-state index in [1.54, 1.807) is 42.5 Å². The van der Waals surface area contributed by atoms with Gasteiger partial charge in [0.15, 0.2) is 0 Å². The van der Waals surface area contributed by atoms with Crippen molar-refractivity contribution in [2.24, 2.45) is 0 Å². The molecule has 0 aliphatic rings. The Morgan fingerprint density at radius 2 is 1.84 bits per heavy atom. The van der Waals surface area contributed by atoms with Gasteiger partial charge in [-0.3, -0.25) is 9.59 Å². The predicted octanol–water partition coefficient (Wildman–Crippen LogP) is 5.01. The third-order valence-electron chi connectivity index (χ3n) is 6.95. The molecule has 0 aliphatic heterocycles. The van der Waals surface area contributed by atoms with Gasteiger partial charge in [-0.2, -0.15) is 4.68 Å². The molecule has 14 heteroatoms. The summed E-state index contributed by atoms with van der Waals surface area (Å²) in [5.74, 6) is -1.26. The Labute approximate surface area is 264 Å². The van der Waals surface area contributed by atoms with Gasteiger partial charge in [-0.05, 0) is 58.8 Å². The smallest absolute Gasteiger partial charge is 0.336 e. The number of nitrogens with one attached hydrogen (secondary N) is 3. The van der Waals surface area contributed by atoms with E-state index in [9.17, 15) is 19.5 Å². The molecule has 0 saturated carbocycles. The minimum atomic E-state index is -1.24. The van der Waals surface area contributed by atoms with Gasteiger partial charge in [0.05, 0.1) is 17.3 Å². The van der Waals surface area contributed by atoms with Crippen molar-refractivity contribution in [3.05, 3.63) is 128 Å². The molecule has 12 nitrogen and oxygen atoms in total. The largest absolute Gasteiger partial charge is 0.478 e. The number of halogens is 2. The van der Waals surface area contributed by atoms with Gasteiger partial charge in [0.1, 0.15) is 23.0 Å². The number of carbonyl (C=O) groups excluding carboxylic acids is 1. The zero-order chi connectivity index (χ0) is 31.5. The number of carboxylic acid groups (broad SMARTS) is 1. The van der Waals surface area contributed by atoms with Crippen LogP contribution < -0.4 is 10.9 Å². The minimum Gasteiger partial charge on any atom is -0.478 e. The van der Waals surface area contributed by atoms with Gasteiger partial charge in [-0.15, -0.1) is 5.10 Å². The summed E-state index contributed by atoms with van der Waals surface area (Å²) in [4.78, 5) is 47.5. The monoisotopic (exact) mass is 640 g/mol. The fourth-order valence-electron chi connectivity index (χ4n) is 4.89. The van der Waals surface area contributed by atoms with Gasteiger partial charge in [0, 0.05) is 39.2 Å². The average Bonchev–Trinajstić information content (AvgIpc) is 3.70. The van der Waals surface area contributed by atoms with Gasteiger partial charge >= 0.3 is 5.97 Å². The van der Waals surface area contributed by atoms with Crippen LogP contribution in [0.15, 0.2) is 90.0 Å². The van der Waals surface area contributed by atoms with Gasteiger partial charge in [-0.1, -0.05) is 59.6 Å². The molecule has 0 fully saturated rings. The number of tetrazole rings is 1.